The van der Waals surface area contributed by atoms with Crippen LogP contribution in [-0.2, 0) is 4.79 Å². The van der Waals surface area contributed by atoms with Crippen LogP contribution in [0.2, 0.25) is 0 Å². The molecule has 0 N–H and O–H groups in total. The molecule has 0 bridgehead atoms. The summed E-state index contributed by atoms with van der Waals surface area (Å²) in [5, 5.41) is 0. The van der Waals surface area contributed by atoms with E-state index in [4.69, 9.17) is 0 Å². The number of likely N-dealkylation sites (N-methyl/N-ethyl adjacent to an activating group) is 2. The van der Waals surface area contributed by atoms with Crippen LogP contribution < -0.4 is 0 Å². The third-order valence-corrected chi connectivity index (χ3v) is 2.64. The Morgan fingerprint density at radius 2 is 2.00 bits per heavy atom. The average molecular weight is 200 g/mol. The summed E-state index contributed by atoms with van der Waals surface area (Å²) in [5.74, 6) is 0.176. The highest BCUT2D eigenvalue weighted by Gasteiger charge is 2.21. The molecule has 0 aromatic carbocycles. The Morgan fingerprint density at radius 1 is 1.43 bits per heavy atom. The molecule has 1 amide bonds. The number of hydrogen-bond donors (Lipinski definition) is 0. The summed E-state index contributed by atoms with van der Waals surface area (Å²) in [7, 11) is 4.01. The molecule has 14 heavy (non-hydrogen) atoms. The Kier molecular flexibility index (Phi) is 6.54. The van der Waals surface area contributed by atoms with Gasteiger partial charge in [0.25, 0.3) is 0 Å². The van der Waals surface area contributed by atoms with Crippen molar-refractivity contribution in [3.63, 3.8) is 0 Å². The van der Waals surface area contributed by atoms with Gasteiger partial charge in [0.05, 0.1) is 0 Å². The predicted molar refractivity (Wildman–Crippen MR) is 60.3 cm³/mol. The van der Waals surface area contributed by atoms with Crippen molar-refractivity contribution in [2.75, 3.05) is 27.2 Å². The quantitative estimate of drug-likeness (QED) is 0.641. The summed E-state index contributed by atoms with van der Waals surface area (Å²) in [6.07, 6.45) is 2.36. The number of likely N-dealkylation sites (tertiary alicyclic amines) is 1. The number of rotatable bonds is 1. The van der Waals surface area contributed by atoms with Gasteiger partial charge in [0.1, 0.15) is 0 Å². The minimum atomic E-state index is 0.176. The molecule has 1 heterocycles. The van der Waals surface area contributed by atoms with Gasteiger partial charge < -0.3 is 9.80 Å². The van der Waals surface area contributed by atoms with E-state index in [0.29, 0.717) is 6.04 Å². The number of hydrogen-bond acceptors (Lipinski definition) is 2. The Morgan fingerprint density at radius 3 is 2.43 bits per heavy atom. The molecule has 0 aromatic heterocycles. The van der Waals surface area contributed by atoms with Gasteiger partial charge in [-0.3, -0.25) is 4.79 Å². The van der Waals surface area contributed by atoms with Crippen LogP contribution in [0.3, 0.4) is 0 Å². The molecular formula is C11H24N2O. The van der Waals surface area contributed by atoms with Crippen molar-refractivity contribution in [1.82, 2.24) is 9.80 Å². The molecule has 0 radical (unpaired) electrons. The van der Waals surface area contributed by atoms with Gasteiger partial charge in [0, 0.05) is 26.6 Å². The van der Waals surface area contributed by atoms with E-state index in [1.54, 1.807) is 6.92 Å². The Labute approximate surface area is 88.1 Å². The summed E-state index contributed by atoms with van der Waals surface area (Å²) in [5.41, 5.74) is 0. The van der Waals surface area contributed by atoms with E-state index in [2.05, 4.69) is 11.9 Å². The van der Waals surface area contributed by atoms with Gasteiger partial charge in [-0.25, -0.2) is 0 Å². The van der Waals surface area contributed by atoms with E-state index in [1.165, 1.54) is 13.0 Å². The first-order valence-corrected chi connectivity index (χ1v) is 5.53. The Bertz CT molecular complexity index is 171. The maximum atomic E-state index is 11.1. The first-order chi connectivity index (χ1) is 6.61. The van der Waals surface area contributed by atoms with Crippen LogP contribution >= 0.6 is 0 Å². The van der Waals surface area contributed by atoms with Crippen LogP contribution in [0.4, 0.5) is 0 Å². The second kappa shape index (κ2) is 6.82. The summed E-state index contributed by atoms with van der Waals surface area (Å²) in [6, 6.07) is 0.432. The van der Waals surface area contributed by atoms with Crippen molar-refractivity contribution in [2.24, 2.45) is 0 Å². The highest BCUT2D eigenvalue weighted by atomic mass is 16.2. The van der Waals surface area contributed by atoms with E-state index in [0.717, 1.165) is 13.0 Å². The van der Waals surface area contributed by atoms with Crippen molar-refractivity contribution in [3.8, 4) is 0 Å². The lowest BCUT2D eigenvalue weighted by molar-refractivity contribution is -0.130. The zero-order chi connectivity index (χ0) is 11.1. The van der Waals surface area contributed by atoms with E-state index in [-0.39, 0.29) is 5.91 Å². The van der Waals surface area contributed by atoms with Crippen LogP contribution in [0, 0.1) is 0 Å². The maximum absolute atomic E-state index is 11.1. The van der Waals surface area contributed by atoms with Crippen molar-refractivity contribution in [1.29, 1.82) is 0 Å². The highest BCUT2D eigenvalue weighted by Crippen LogP contribution is 2.12. The largest absolute Gasteiger partial charge is 0.342 e. The summed E-state index contributed by atoms with van der Waals surface area (Å²) < 4.78 is 0. The fraction of sp³-hybridized carbons (Fsp3) is 0.909. The molecule has 1 aliphatic rings. The minimum Gasteiger partial charge on any atom is -0.342 e. The van der Waals surface area contributed by atoms with Gasteiger partial charge in [0.2, 0.25) is 5.91 Å². The minimum absolute atomic E-state index is 0.176. The third-order valence-electron chi connectivity index (χ3n) is 2.64. The SMILES string of the molecule is CC.CC(=O)N(C)C1CCCN(C)C1. The van der Waals surface area contributed by atoms with Crippen molar-refractivity contribution < 1.29 is 4.79 Å². The molecule has 0 saturated carbocycles. The van der Waals surface area contributed by atoms with Gasteiger partial charge in [0.15, 0.2) is 0 Å². The lowest BCUT2D eigenvalue weighted by Crippen LogP contribution is -2.46. The molecule has 84 valence electrons. The lowest BCUT2D eigenvalue weighted by atomic mass is 10.1. The van der Waals surface area contributed by atoms with Crippen LogP contribution in [0.5, 0.6) is 0 Å². The summed E-state index contributed by atoms with van der Waals surface area (Å²) in [6.45, 7) is 7.83. The van der Waals surface area contributed by atoms with E-state index < -0.39 is 0 Å². The number of amides is 1. The topological polar surface area (TPSA) is 23.6 Å². The average Bonchev–Trinajstić information content (AvgIpc) is 2.19. The maximum Gasteiger partial charge on any atom is 0.219 e. The molecule has 1 aliphatic heterocycles. The number of piperidine rings is 1. The number of nitrogens with zero attached hydrogens (tertiary/aromatic N) is 2. The van der Waals surface area contributed by atoms with Gasteiger partial charge in [-0.2, -0.15) is 0 Å². The molecule has 0 aliphatic carbocycles. The normalized spacial score (nSPS) is 22.2. The molecule has 1 fully saturated rings. The number of carbonyl (C=O) groups is 1. The van der Waals surface area contributed by atoms with Crippen LogP contribution in [-0.4, -0.2) is 48.9 Å². The molecule has 3 heteroatoms. The monoisotopic (exact) mass is 200 g/mol. The Balaban J connectivity index is 0.000000791. The van der Waals surface area contributed by atoms with Crippen molar-refractivity contribution in [3.05, 3.63) is 0 Å². The Hall–Kier alpha value is -0.570. The zero-order valence-electron chi connectivity index (χ0n) is 10.2. The van der Waals surface area contributed by atoms with Crippen LogP contribution in [0.25, 0.3) is 0 Å². The summed E-state index contributed by atoms with van der Waals surface area (Å²) >= 11 is 0. The molecule has 3 nitrogen and oxygen atoms in total. The summed E-state index contributed by atoms with van der Waals surface area (Å²) in [4.78, 5) is 15.2. The van der Waals surface area contributed by atoms with Crippen LogP contribution in [0.1, 0.15) is 33.6 Å². The first kappa shape index (κ1) is 13.4. The standard InChI is InChI=1S/C9H18N2O.C2H6/c1-8(12)11(3)9-5-4-6-10(2)7-9;1-2/h9H,4-7H2,1-3H3;1-2H3. The molecule has 0 spiro atoms. The van der Waals surface area contributed by atoms with Crippen molar-refractivity contribution >= 4 is 5.91 Å². The van der Waals surface area contributed by atoms with Gasteiger partial charge >= 0.3 is 0 Å². The van der Waals surface area contributed by atoms with E-state index in [9.17, 15) is 4.79 Å². The molecule has 0 aromatic rings. The molecular weight excluding hydrogens is 176 g/mol. The smallest absolute Gasteiger partial charge is 0.219 e. The first-order valence-electron chi connectivity index (χ1n) is 5.53. The third kappa shape index (κ3) is 4.09. The van der Waals surface area contributed by atoms with E-state index in [1.807, 2.05) is 25.8 Å². The fourth-order valence-electron chi connectivity index (χ4n) is 1.71. The second-order valence-corrected chi connectivity index (χ2v) is 3.69. The van der Waals surface area contributed by atoms with Crippen molar-refractivity contribution in [2.45, 2.75) is 39.7 Å². The predicted octanol–water partition coefficient (Wildman–Crippen LogP) is 1.59. The second-order valence-electron chi connectivity index (χ2n) is 3.69. The zero-order valence-corrected chi connectivity index (χ0v) is 10.2. The van der Waals surface area contributed by atoms with Gasteiger partial charge in [-0.15, -0.1) is 0 Å². The highest BCUT2D eigenvalue weighted by molar-refractivity contribution is 5.73. The van der Waals surface area contributed by atoms with E-state index >= 15 is 0 Å². The molecule has 1 atom stereocenters. The van der Waals surface area contributed by atoms with Crippen LogP contribution in [0.15, 0.2) is 0 Å². The lowest BCUT2D eigenvalue weighted by Gasteiger charge is -2.35. The fourth-order valence-corrected chi connectivity index (χ4v) is 1.71. The van der Waals surface area contributed by atoms with Gasteiger partial charge in [-0.05, 0) is 26.4 Å². The molecule has 1 rings (SSSR count). The molecule has 1 unspecified atom stereocenters. The molecule has 1 saturated heterocycles. The van der Waals surface area contributed by atoms with Gasteiger partial charge in [-0.1, -0.05) is 13.8 Å². The number of carbonyl (C=O) groups excluding carboxylic acids is 1.